The Kier molecular flexibility index (Phi) is 6.72. The summed E-state index contributed by atoms with van der Waals surface area (Å²) in [6.45, 7) is 0. The Hall–Kier alpha value is 0.868. The average molecular weight is 150 g/mol. The minimum atomic E-state index is 0.580. The van der Waals surface area contributed by atoms with Crippen LogP contribution in [0.2, 0.25) is 11.3 Å². The summed E-state index contributed by atoms with van der Waals surface area (Å²) in [6, 6.07) is 0. The van der Waals surface area contributed by atoms with Crippen LogP contribution in [0, 0.1) is 0 Å². The molecule has 0 nitrogen and oxygen atoms in total. The molecule has 6 heavy (non-hydrogen) atoms. The molecule has 0 fully saturated rings. The largest absolute Gasteiger partial charge is 0.0752 e. The zero-order valence-corrected chi connectivity index (χ0v) is 11.7. The third kappa shape index (κ3) is 4.87. The van der Waals surface area contributed by atoms with Crippen LogP contribution >= 0.6 is 0 Å². The molecule has 0 spiro atoms. The smallest absolute Gasteiger partial charge is 0.0129 e. The van der Waals surface area contributed by atoms with Crippen molar-refractivity contribution < 1.29 is 0 Å². The molecule has 0 aromatic carbocycles. The van der Waals surface area contributed by atoms with Crippen molar-refractivity contribution >= 4 is 38.6 Å². The first kappa shape index (κ1) is 6.87. The van der Waals surface area contributed by atoms with Crippen LogP contribution in [-0.4, -0.2) is 38.6 Å². The Labute approximate surface area is 50.4 Å². The highest BCUT2D eigenvalue weighted by Crippen LogP contribution is 1.72. The molecular weight excluding hydrogens is 136 g/mol. The van der Waals surface area contributed by atoms with Crippen molar-refractivity contribution in [2.24, 2.45) is 0 Å². The molecule has 4 heteroatoms. The van der Waals surface area contributed by atoms with Gasteiger partial charge in [0, 0.05) is 18.6 Å². The summed E-state index contributed by atoms with van der Waals surface area (Å²) in [4.78, 5) is 0. The molecule has 0 aromatic rings. The van der Waals surface area contributed by atoms with Crippen LogP contribution < -0.4 is 0 Å². The zero-order chi connectivity index (χ0) is 4.83. The van der Waals surface area contributed by atoms with E-state index in [1.807, 2.05) is 0 Å². The molecule has 0 radical (unpaired) electrons. The van der Waals surface area contributed by atoms with Gasteiger partial charge in [-0.3, -0.25) is 0 Å². The van der Waals surface area contributed by atoms with Crippen molar-refractivity contribution in [1.82, 2.24) is 0 Å². The van der Waals surface area contributed by atoms with E-state index in [9.17, 15) is 0 Å². The fraction of sp³-hybridized carbons (Fsp3) is 1.00. The van der Waals surface area contributed by atoms with Gasteiger partial charge >= 0.3 is 0 Å². The van der Waals surface area contributed by atoms with Crippen molar-refractivity contribution in [2.75, 3.05) is 0 Å². The summed E-state index contributed by atoms with van der Waals surface area (Å²) in [7, 11) is 4.30. The predicted octanol–water partition coefficient (Wildman–Crippen LogP) is -3.28. The molecule has 0 saturated carbocycles. The molecule has 38 valence electrons. The Morgan fingerprint density at radius 2 is 2.17 bits per heavy atom. The molecule has 0 rings (SSSR count). The Bertz CT molecular complexity index is 17.5. The van der Waals surface area contributed by atoms with Gasteiger partial charge in [-0.1, -0.05) is 11.3 Å². The number of rotatable bonds is 3. The molecule has 0 aliphatic carbocycles. The second kappa shape index (κ2) is 5.87. The van der Waals surface area contributed by atoms with Crippen molar-refractivity contribution in [3.8, 4) is 0 Å². The maximum Gasteiger partial charge on any atom is 0.0129 e. The van der Waals surface area contributed by atoms with E-state index in [4.69, 9.17) is 0 Å². The molecule has 0 atom stereocenters. The molecule has 0 aliphatic heterocycles. The van der Waals surface area contributed by atoms with Gasteiger partial charge in [-0.15, -0.1) is 0 Å². The van der Waals surface area contributed by atoms with Gasteiger partial charge in [0.2, 0.25) is 0 Å². The first-order chi connectivity index (χ1) is 2.91. The maximum atomic E-state index is 1.79. The van der Waals surface area contributed by atoms with Crippen LogP contribution in [0.25, 0.3) is 0 Å². The first-order valence-corrected chi connectivity index (χ1v) is 13.0. The minimum absolute atomic E-state index is 0.580. The van der Waals surface area contributed by atoms with E-state index in [0.717, 1.165) is 0 Å². The van der Waals surface area contributed by atoms with E-state index in [2.05, 4.69) is 0 Å². The normalized spacial score (nSPS) is 14.0. The first-order valence-electron chi connectivity index (χ1n) is 2.91. The summed E-state index contributed by atoms with van der Waals surface area (Å²) in [5.74, 6) is 0. The van der Waals surface area contributed by atoms with Crippen LogP contribution in [0.1, 0.15) is 0 Å². The molecular formula is C2H14Si4. The predicted molar refractivity (Wildman–Crippen MR) is 46.6 cm³/mol. The van der Waals surface area contributed by atoms with Crippen LogP contribution in [-0.2, 0) is 0 Å². The average Bonchev–Trinajstić information content (AvgIpc) is 1.61. The molecule has 0 heterocycles. The summed E-state index contributed by atoms with van der Waals surface area (Å²) in [5, 5.41) is 0. The highest BCUT2D eigenvalue weighted by molar-refractivity contribution is 6.93. The second-order valence-corrected chi connectivity index (χ2v) is 13.2. The van der Waals surface area contributed by atoms with Gasteiger partial charge in [-0.2, -0.15) is 0 Å². The van der Waals surface area contributed by atoms with Crippen LogP contribution in [0.15, 0.2) is 0 Å². The molecule has 0 N–H and O–H groups in total. The van der Waals surface area contributed by atoms with E-state index in [0.29, 0.717) is 18.6 Å². The number of hydrogen-bond donors (Lipinski definition) is 0. The maximum absolute atomic E-state index is 1.79. The van der Waals surface area contributed by atoms with E-state index < -0.39 is 0 Å². The molecule has 0 aromatic heterocycles. The van der Waals surface area contributed by atoms with Crippen molar-refractivity contribution in [2.45, 2.75) is 11.3 Å². The van der Waals surface area contributed by atoms with Gasteiger partial charge in [-0.25, -0.2) is 0 Å². The molecule has 0 unspecified atom stereocenters. The molecule has 0 bridgehead atoms. The minimum Gasteiger partial charge on any atom is -0.0752 e. The SMILES string of the molecule is [SiH3]C[SiH2]C[SiH2][SiH3]. The summed E-state index contributed by atoms with van der Waals surface area (Å²) < 4.78 is 0. The highest BCUT2D eigenvalue weighted by atomic mass is 29.1. The monoisotopic (exact) mass is 150 g/mol. The van der Waals surface area contributed by atoms with E-state index in [-0.39, 0.29) is 0 Å². The highest BCUT2D eigenvalue weighted by Gasteiger charge is 1.77. The standard InChI is InChI=1S/C2H14Si4/c3-1-5-2-6-4/h1-2,5-6H2,3-4H3. The van der Waals surface area contributed by atoms with Crippen LogP contribution in [0.3, 0.4) is 0 Å². The lowest BCUT2D eigenvalue weighted by molar-refractivity contribution is 1.90. The summed E-state index contributed by atoms with van der Waals surface area (Å²) >= 11 is 0. The zero-order valence-electron chi connectivity index (χ0n) is 4.83. The van der Waals surface area contributed by atoms with E-state index in [1.165, 1.54) is 10.2 Å². The van der Waals surface area contributed by atoms with Gasteiger partial charge in [0.05, 0.1) is 0 Å². The van der Waals surface area contributed by atoms with Crippen LogP contribution in [0.4, 0.5) is 0 Å². The Balaban J connectivity index is 2.34. The van der Waals surface area contributed by atoms with Gasteiger partial charge in [0.1, 0.15) is 0 Å². The Morgan fingerprint density at radius 1 is 1.50 bits per heavy atom. The lowest BCUT2D eigenvalue weighted by Gasteiger charge is -1.83. The summed E-state index contributed by atoms with van der Waals surface area (Å²) in [6.07, 6.45) is 0. The lowest BCUT2D eigenvalue weighted by Crippen LogP contribution is -1.95. The van der Waals surface area contributed by atoms with Gasteiger partial charge < -0.3 is 0 Å². The van der Waals surface area contributed by atoms with E-state index in [1.54, 1.807) is 21.1 Å². The lowest BCUT2D eigenvalue weighted by atomic mass is 11.8. The fourth-order valence-electron chi connectivity index (χ4n) is 0.500. The quantitative estimate of drug-likeness (QED) is 0.293. The molecule has 0 amide bonds. The van der Waals surface area contributed by atoms with Crippen molar-refractivity contribution in [3.05, 3.63) is 0 Å². The van der Waals surface area contributed by atoms with Crippen molar-refractivity contribution in [3.63, 3.8) is 0 Å². The molecule has 0 saturated heterocycles. The van der Waals surface area contributed by atoms with E-state index >= 15 is 0 Å². The third-order valence-corrected chi connectivity index (χ3v) is 15.0. The van der Waals surface area contributed by atoms with Gasteiger partial charge in [-0.05, 0) is 20.0 Å². The van der Waals surface area contributed by atoms with Gasteiger partial charge in [0.15, 0.2) is 0 Å². The molecule has 0 aliphatic rings. The summed E-state index contributed by atoms with van der Waals surface area (Å²) in [5.41, 5.74) is 3.48. The third-order valence-electron chi connectivity index (χ3n) is 0.957. The van der Waals surface area contributed by atoms with Crippen molar-refractivity contribution in [1.29, 1.82) is 0 Å². The second-order valence-electron chi connectivity index (χ2n) is 1.71. The Morgan fingerprint density at radius 3 is 2.33 bits per heavy atom. The van der Waals surface area contributed by atoms with Crippen LogP contribution in [0.5, 0.6) is 0 Å². The topological polar surface area (TPSA) is 0 Å². The van der Waals surface area contributed by atoms with Gasteiger partial charge in [0.25, 0.3) is 0 Å². The number of hydrogen-bond acceptors (Lipinski definition) is 0. The fourth-order valence-corrected chi connectivity index (χ4v) is 13.5.